The molecule has 0 fully saturated rings. The molecule has 0 saturated carbocycles. The van der Waals surface area contributed by atoms with E-state index >= 15 is 0 Å². The second-order valence-corrected chi connectivity index (χ2v) is 7.57. The van der Waals surface area contributed by atoms with Gasteiger partial charge < -0.3 is 4.90 Å². The predicted octanol–water partition coefficient (Wildman–Crippen LogP) is 6.94. The van der Waals surface area contributed by atoms with Crippen molar-refractivity contribution < 1.29 is 0 Å². The van der Waals surface area contributed by atoms with E-state index in [4.69, 9.17) is 11.6 Å². The Labute approximate surface area is 164 Å². The minimum atomic E-state index is 0.0844. The molecule has 0 spiro atoms. The zero-order chi connectivity index (χ0) is 19.3. The summed E-state index contributed by atoms with van der Waals surface area (Å²) in [5.74, 6) is 0. The van der Waals surface area contributed by atoms with Crippen molar-refractivity contribution in [3.63, 3.8) is 0 Å². The maximum Gasteiger partial charge on any atom is 0.0556 e. The highest BCUT2D eigenvalue weighted by molar-refractivity contribution is 6.22. The first-order valence-electron chi connectivity index (χ1n) is 9.23. The van der Waals surface area contributed by atoms with Gasteiger partial charge in [0.05, 0.1) is 5.38 Å². The monoisotopic (exact) mass is 367 g/mol. The molecule has 1 aromatic carbocycles. The van der Waals surface area contributed by atoms with Gasteiger partial charge in [0.15, 0.2) is 0 Å². The second kappa shape index (κ2) is 9.09. The van der Waals surface area contributed by atoms with Crippen LogP contribution in [0, 0.1) is 13.8 Å². The Kier molecular flexibility index (Phi) is 7.11. The third kappa shape index (κ3) is 5.02. The maximum atomic E-state index is 6.27. The van der Waals surface area contributed by atoms with Crippen LogP contribution in [-0.4, -0.2) is 16.8 Å². The largest absolute Gasteiger partial charge is 0.348 e. The van der Waals surface area contributed by atoms with E-state index in [-0.39, 0.29) is 5.38 Å². The molecule has 0 saturated heterocycles. The highest BCUT2D eigenvalue weighted by atomic mass is 35.5. The third-order valence-electron chi connectivity index (χ3n) is 4.79. The quantitative estimate of drug-likeness (QED) is 0.372. The third-order valence-corrected chi connectivity index (χ3v) is 5.10. The molecule has 1 nitrogen and oxygen atoms in total. The molecule has 1 aliphatic carbocycles. The smallest absolute Gasteiger partial charge is 0.0556 e. The SMILES string of the molecule is C=C(/C(=C/N(CC1=CC(Cl)CC=C1)C(=C)C)CC)c1c(C)cccc1C. The molecule has 0 radical (unpaired) electrons. The number of hydrogen-bond donors (Lipinski definition) is 0. The summed E-state index contributed by atoms with van der Waals surface area (Å²) in [5, 5.41) is 0.0844. The lowest BCUT2D eigenvalue weighted by Crippen LogP contribution is -2.19. The summed E-state index contributed by atoms with van der Waals surface area (Å²) < 4.78 is 0. The van der Waals surface area contributed by atoms with Crippen LogP contribution < -0.4 is 0 Å². The maximum absolute atomic E-state index is 6.27. The summed E-state index contributed by atoms with van der Waals surface area (Å²) in [6.07, 6.45) is 10.5. The summed E-state index contributed by atoms with van der Waals surface area (Å²) in [5.41, 5.74) is 8.34. The fourth-order valence-corrected chi connectivity index (χ4v) is 3.58. The number of alkyl halides is 1. The van der Waals surface area contributed by atoms with Crippen LogP contribution >= 0.6 is 11.6 Å². The second-order valence-electron chi connectivity index (χ2n) is 7.01. The van der Waals surface area contributed by atoms with E-state index < -0.39 is 0 Å². The molecule has 1 unspecified atom stereocenters. The van der Waals surface area contributed by atoms with Crippen molar-refractivity contribution in [2.45, 2.75) is 45.9 Å². The minimum absolute atomic E-state index is 0.0844. The van der Waals surface area contributed by atoms with Crippen molar-refractivity contribution in [1.82, 2.24) is 4.90 Å². The van der Waals surface area contributed by atoms with Gasteiger partial charge in [-0.15, -0.1) is 11.6 Å². The first-order chi connectivity index (χ1) is 12.3. The van der Waals surface area contributed by atoms with Crippen LogP contribution in [0.2, 0.25) is 0 Å². The van der Waals surface area contributed by atoms with Crippen LogP contribution in [0.1, 0.15) is 43.4 Å². The van der Waals surface area contributed by atoms with E-state index in [1.165, 1.54) is 27.8 Å². The van der Waals surface area contributed by atoms with Gasteiger partial charge in [-0.25, -0.2) is 0 Å². The van der Waals surface area contributed by atoms with Crippen molar-refractivity contribution >= 4 is 17.2 Å². The molecule has 1 atom stereocenters. The summed E-state index contributed by atoms with van der Waals surface area (Å²) in [6.45, 7) is 17.9. The van der Waals surface area contributed by atoms with Gasteiger partial charge in [0.2, 0.25) is 0 Å². The van der Waals surface area contributed by atoms with E-state index in [1.54, 1.807) is 0 Å². The van der Waals surface area contributed by atoms with Gasteiger partial charge in [0.25, 0.3) is 0 Å². The number of aryl methyl sites for hydroxylation is 2. The Balaban J connectivity index is 2.32. The first-order valence-corrected chi connectivity index (χ1v) is 9.67. The van der Waals surface area contributed by atoms with Crippen molar-refractivity contribution in [3.05, 3.63) is 89.3 Å². The normalized spacial score (nSPS) is 17.0. The summed E-state index contributed by atoms with van der Waals surface area (Å²) >= 11 is 6.27. The van der Waals surface area contributed by atoms with E-state index in [1.807, 2.05) is 6.92 Å². The van der Waals surface area contributed by atoms with Crippen LogP contribution in [-0.2, 0) is 0 Å². The molecular weight excluding hydrogens is 338 g/mol. The summed E-state index contributed by atoms with van der Waals surface area (Å²) in [4.78, 5) is 2.20. The zero-order valence-electron chi connectivity index (χ0n) is 16.5. The van der Waals surface area contributed by atoms with E-state index in [9.17, 15) is 0 Å². The van der Waals surface area contributed by atoms with Crippen molar-refractivity contribution in [2.75, 3.05) is 6.54 Å². The Morgan fingerprint density at radius 3 is 2.46 bits per heavy atom. The van der Waals surface area contributed by atoms with E-state index in [2.05, 4.69) is 81.5 Å². The van der Waals surface area contributed by atoms with Gasteiger partial charge in [-0.05, 0) is 67.0 Å². The lowest BCUT2D eigenvalue weighted by Gasteiger charge is -2.25. The molecule has 0 aromatic heterocycles. The molecule has 2 heteroatoms. The van der Waals surface area contributed by atoms with Crippen molar-refractivity contribution in [3.8, 4) is 0 Å². The predicted molar refractivity (Wildman–Crippen MR) is 116 cm³/mol. The van der Waals surface area contributed by atoms with Crippen LogP contribution in [0.4, 0.5) is 0 Å². The highest BCUT2D eigenvalue weighted by Crippen LogP contribution is 2.30. The summed E-state index contributed by atoms with van der Waals surface area (Å²) in [7, 11) is 0. The molecule has 0 N–H and O–H groups in total. The van der Waals surface area contributed by atoms with Gasteiger partial charge in [-0.2, -0.15) is 0 Å². The number of nitrogens with zero attached hydrogens (tertiary/aromatic N) is 1. The molecule has 0 amide bonds. The Hall–Kier alpha value is -1.99. The molecule has 0 heterocycles. The number of hydrogen-bond acceptors (Lipinski definition) is 1. The fraction of sp³-hybridized carbons (Fsp3) is 0.333. The molecule has 26 heavy (non-hydrogen) atoms. The number of allylic oxidation sites excluding steroid dienone is 5. The molecular formula is C24H30ClN. The molecule has 2 rings (SSSR count). The topological polar surface area (TPSA) is 3.24 Å². The standard InChI is InChI=1S/C24H30ClN/c1-7-22(20(6)24-18(4)10-8-11-19(24)5)16-26(17(2)3)15-21-12-9-13-23(25)14-21/h8-12,14,16,23H,2,6-7,13,15H2,1,3-5H3/b22-16+. The molecule has 0 aliphatic heterocycles. The van der Waals surface area contributed by atoms with Gasteiger partial charge in [-0.3, -0.25) is 0 Å². The van der Waals surface area contributed by atoms with Crippen LogP contribution in [0.25, 0.3) is 5.57 Å². The van der Waals surface area contributed by atoms with Gasteiger partial charge in [0.1, 0.15) is 0 Å². The van der Waals surface area contributed by atoms with E-state index in [0.29, 0.717) is 0 Å². The Bertz CT molecular complexity index is 759. The molecule has 1 aromatic rings. The number of benzene rings is 1. The van der Waals surface area contributed by atoms with Crippen molar-refractivity contribution in [1.29, 1.82) is 0 Å². The zero-order valence-corrected chi connectivity index (χ0v) is 17.2. The first kappa shape index (κ1) is 20.3. The molecule has 138 valence electrons. The number of halogens is 1. The number of rotatable bonds is 7. The van der Waals surface area contributed by atoms with Crippen LogP contribution in [0.5, 0.6) is 0 Å². The average molecular weight is 368 g/mol. The summed E-state index contributed by atoms with van der Waals surface area (Å²) in [6, 6.07) is 6.40. The van der Waals surface area contributed by atoms with Crippen LogP contribution in [0.15, 0.2) is 72.6 Å². The van der Waals surface area contributed by atoms with Gasteiger partial charge in [0, 0.05) is 18.4 Å². The molecule has 1 aliphatic rings. The van der Waals surface area contributed by atoms with Gasteiger partial charge in [-0.1, -0.05) is 56.5 Å². The van der Waals surface area contributed by atoms with E-state index in [0.717, 1.165) is 30.7 Å². The lowest BCUT2D eigenvalue weighted by atomic mass is 9.91. The fourth-order valence-electron chi connectivity index (χ4n) is 3.32. The highest BCUT2D eigenvalue weighted by Gasteiger charge is 2.13. The van der Waals surface area contributed by atoms with Gasteiger partial charge >= 0.3 is 0 Å². The molecule has 0 bridgehead atoms. The average Bonchev–Trinajstić information content (AvgIpc) is 2.58. The Morgan fingerprint density at radius 2 is 1.92 bits per heavy atom. The Morgan fingerprint density at radius 1 is 1.27 bits per heavy atom. The van der Waals surface area contributed by atoms with Crippen LogP contribution in [0.3, 0.4) is 0 Å². The minimum Gasteiger partial charge on any atom is -0.348 e. The van der Waals surface area contributed by atoms with Crippen molar-refractivity contribution in [2.24, 2.45) is 0 Å². The lowest BCUT2D eigenvalue weighted by molar-refractivity contribution is 0.506.